The molecule has 2 N–H and O–H groups in total. The Kier molecular flexibility index (Phi) is 4.95. The van der Waals surface area contributed by atoms with Gasteiger partial charge in [-0.15, -0.1) is 11.3 Å². The topological polar surface area (TPSA) is 58.0 Å². The maximum Gasteiger partial charge on any atom is 0.138 e. The SMILES string of the molecule is OCCCC(Nc1ncnc2sc3c(c12)CCCC3)c1ccccc1. The third-order valence-electron chi connectivity index (χ3n) is 4.92. The predicted molar refractivity (Wildman–Crippen MR) is 103 cm³/mol. The zero-order valence-corrected chi connectivity index (χ0v) is 15.1. The molecule has 5 heteroatoms. The number of aromatic nitrogens is 2. The van der Waals surface area contributed by atoms with E-state index in [0.717, 1.165) is 29.9 Å². The number of aliphatic hydroxyl groups is 1. The third-order valence-corrected chi connectivity index (χ3v) is 6.11. The summed E-state index contributed by atoms with van der Waals surface area (Å²) in [7, 11) is 0. The highest BCUT2D eigenvalue weighted by Gasteiger charge is 2.21. The van der Waals surface area contributed by atoms with E-state index < -0.39 is 0 Å². The van der Waals surface area contributed by atoms with Gasteiger partial charge < -0.3 is 10.4 Å². The molecular weight excluding hydrogens is 330 g/mol. The van der Waals surface area contributed by atoms with Crippen LogP contribution in [0.2, 0.25) is 0 Å². The summed E-state index contributed by atoms with van der Waals surface area (Å²) >= 11 is 1.82. The molecule has 1 aliphatic carbocycles. The molecule has 0 radical (unpaired) electrons. The Labute approximate surface area is 152 Å². The van der Waals surface area contributed by atoms with E-state index in [-0.39, 0.29) is 12.6 Å². The first-order valence-electron chi connectivity index (χ1n) is 9.04. The Morgan fingerprint density at radius 3 is 2.80 bits per heavy atom. The van der Waals surface area contributed by atoms with E-state index >= 15 is 0 Å². The number of aliphatic hydroxyl groups excluding tert-OH is 1. The van der Waals surface area contributed by atoms with E-state index in [2.05, 4.69) is 39.6 Å². The first-order valence-corrected chi connectivity index (χ1v) is 9.86. The predicted octanol–water partition coefficient (Wildman–Crippen LogP) is 4.50. The second-order valence-electron chi connectivity index (χ2n) is 6.59. The van der Waals surface area contributed by atoms with E-state index in [9.17, 15) is 5.11 Å². The third kappa shape index (κ3) is 3.39. The highest BCUT2D eigenvalue weighted by atomic mass is 32.1. The summed E-state index contributed by atoms with van der Waals surface area (Å²) in [6.07, 6.45) is 8.13. The molecule has 2 heterocycles. The molecule has 130 valence electrons. The number of nitrogens with zero attached hydrogens (tertiary/aromatic N) is 2. The van der Waals surface area contributed by atoms with Crippen molar-refractivity contribution in [1.29, 1.82) is 0 Å². The fraction of sp³-hybridized carbons (Fsp3) is 0.400. The first kappa shape index (κ1) is 16.5. The van der Waals surface area contributed by atoms with Crippen LogP contribution < -0.4 is 5.32 Å². The fourth-order valence-electron chi connectivity index (χ4n) is 3.67. The van der Waals surface area contributed by atoms with Crippen LogP contribution in [0.5, 0.6) is 0 Å². The molecule has 1 atom stereocenters. The van der Waals surface area contributed by atoms with Crippen LogP contribution >= 0.6 is 11.3 Å². The summed E-state index contributed by atoms with van der Waals surface area (Å²) < 4.78 is 0. The lowest BCUT2D eigenvalue weighted by Gasteiger charge is -2.20. The van der Waals surface area contributed by atoms with Crippen LogP contribution in [0.1, 0.15) is 47.7 Å². The van der Waals surface area contributed by atoms with Crippen molar-refractivity contribution < 1.29 is 5.11 Å². The van der Waals surface area contributed by atoms with Crippen molar-refractivity contribution in [2.45, 2.75) is 44.6 Å². The molecule has 0 amide bonds. The van der Waals surface area contributed by atoms with Gasteiger partial charge in [-0.3, -0.25) is 0 Å². The molecule has 0 bridgehead atoms. The van der Waals surface area contributed by atoms with E-state index in [4.69, 9.17) is 0 Å². The second kappa shape index (κ2) is 7.50. The molecule has 3 aromatic rings. The Hall–Kier alpha value is -1.98. The number of rotatable bonds is 6. The summed E-state index contributed by atoms with van der Waals surface area (Å²) in [5, 5.41) is 14.1. The van der Waals surface area contributed by atoms with E-state index in [1.165, 1.54) is 40.7 Å². The Bertz CT molecular complexity index is 847. The number of aryl methyl sites for hydroxylation is 2. The standard InChI is InChI=1S/C20H23N3OS/c24-12-6-10-16(14-7-2-1-3-8-14)23-19-18-15-9-4-5-11-17(15)25-20(18)22-13-21-19/h1-3,7-8,13,16,24H,4-6,9-12H2,(H,21,22,23). The lowest BCUT2D eigenvalue weighted by atomic mass is 9.96. The second-order valence-corrected chi connectivity index (χ2v) is 7.67. The molecule has 25 heavy (non-hydrogen) atoms. The summed E-state index contributed by atoms with van der Waals surface area (Å²) in [5.41, 5.74) is 2.68. The van der Waals surface area contributed by atoms with Gasteiger partial charge in [0.1, 0.15) is 17.0 Å². The Morgan fingerprint density at radius 2 is 1.96 bits per heavy atom. The molecule has 0 saturated heterocycles. The normalized spacial score (nSPS) is 15.1. The summed E-state index contributed by atoms with van der Waals surface area (Å²) in [6.45, 7) is 0.206. The zero-order valence-electron chi connectivity index (χ0n) is 14.2. The van der Waals surface area contributed by atoms with Crippen LogP contribution in [0.4, 0.5) is 5.82 Å². The minimum Gasteiger partial charge on any atom is -0.396 e. The van der Waals surface area contributed by atoms with Gasteiger partial charge in [0.2, 0.25) is 0 Å². The zero-order chi connectivity index (χ0) is 17.1. The number of benzene rings is 1. The van der Waals surface area contributed by atoms with Gasteiger partial charge in [-0.25, -0.2) is 9.97 Å². The smallest absolute Gasteiger partial charge is 0.138 e. The summed E-state index contributed by atoms with van der Waals surface area (Å²) in [4.78, 5) is 11.7. The molecule has 4 rings (SSSR count). The van der Waals surface area contributed by atoms with Gasteiger partial charge in [-0.05, 0) is 49.7 Å². The van der Waals surface area contributed by atoms with Crippen LogP contribution in [0, 0.1) is 0 Å². The number of anilines is 1. The monoisotopic (exact) mass is 353 g/mol. The number of fused-ring (bicyclic) bond motifs is 3. The quantitative estimate of drug-likeness (QED) is 0.685. The number of hydrogen-bond donors (Lipinski definition) is 2. The molecule has 1 aromatic carbocycles. The Balaban J connectivity index is 1.71. The van der Waals surface area contributed by atoms with Crippen molar-refractivity contribution in [3.8, 4) is 0 Å². The van der Waals surface area contributed by atoms with Crippen molar-refractivity contribution in [1.82, 2.24) is 9.97 Å². The van der Waals surface area contributed by atoms with Gasteiger partial charge >= 0.3 is 0 Å². The summed E-state index contributed by atoms with van der Waals surface area (Å²) in [6, 6.07) is 10.6. The largest absolute Gasteiger partial charge is 0.396 e. The lowest BCUT2D eigenvalue weighted by molar-refractivity contribution is 0.281. The van der Waals surface area contributed by atoms with E-state index in [1.807, 2.05) is 17.4 Å². The van der Waals surface area contributed by atoms with Crippen LogP contribution in [0.25, 0.3) is 10.2 Å². The van der Waals surface area contributed by atoms with Gasteiger partial charge in [0.25, 0.3) is 0 Å². The van der Waals surface area contributed by atoms with Crippen molar-refractivity contribution in [2.24, 2.45) is 0 Å². The average molecular weight is 353 g/mol. The average Bonchev–Trinajstić information content (AvgIpc) is 3.05. The fourth-order valence-corrected chi connectivity index (χ4v) is 4.90. The van der Waals surface area contributed by atoms with Crippen molar-refractivity contribution in [3.63, 3.8) is 0 Å². The van der Waals surface area contributed by atoms with Crippen molar-refractivity contribution >= 4 is 27.4 Å². The van der Waals surface area contributed by atoms with Crippen LogP contribution in [-0.2, 0) is 12.8 Å². The molecule has 1 unspecified atom stereocenters. The maximum absolute atomic E-state index is 9.27. The highest BCUT2D eigenvalue weighted by molar-refractivity contribution is 7.19. The van der Waals surface area contributed by atoms with Crippen LogP contribution in [0.3, 0.4) is 0 Å². The van der Waals surface area contributed by atoms with E-state index in [1.54, 1.807) is 6.33 Å². The van der Waals surface area contributed by atoms with Gasteiger partial charge in [-0.1, -0.05) is 30.3 Å². The Morgan fingerprint density at radius 1 is 1.12 bits per heavy atom. The molecule has 0 fully saturated rings. The van der Waals surface area contributed by atoms with Gasteiger partial charge in [0, 0.05) is 11.5 Å². The van der Waals surface area contributed by atoms with Gasteiger partial charge in [-0.2, -0.15) is 0 Å². The molecule has 0 spiro atoms. The lowest BCUT2D eigenvalue weighted by Crippen LogP contribution is -2.13. The van der Waals surface area contributed by atoms with Crippen LogP contribution in [0.15, 0.2) is 36.7 Å². The van der Waals surface area contributed by atoms with Gasteiger partial charge in [0.05, 0.1) is 11.4 Å². The minimum absolute atomic E-state index is 0.144. The highest BCUT2D eigenvalue weighted by Crippen LogP contribution is 2.39. The van der Waals surface area contributed by atoms with Gasteiger partial charge in [0.15, 0.2) is 0 Å². The van der Waals surface area contributed by atoms with Crippen LogP contribution in [-0.4, -0.2) is 21.7 Å². The maximum atomic E-state index is 9.27. The number of nitrogens with one attached hydrogen (secondary N) is 1. The molecule has 0 saturated carbocycles. The van der Waals surface area contributed by atoms with Crippen molar-refractivity contribution in [2.75, 3.05) is 11.9 Å². The molecule has 1 aliphatic rings. The van der Waals surface area contributed by atoms with Crippen molar-refractivity contribution in [3.05, 3.63) is 52.7 Å². The molecule has 0 aliphatic heterocycles. The molecule has 2 aromatic heterocycles. The minimum atomic E-state index is 0.144. The van der Waals surface area contributed by atoms with E-state index in [0.29, 0.717) is 0 Å². The first-order chi connectivity index (χ1) is 12.4. The summed E-state index contributed by atoms with van der Waals surface area (Å²) in [5.74, 6) is 0.941. The number of hydrogen-bond acceptors (Lipinski definition) is 5. The molecular formula is C20H23N3OS. The number of thiophene rings is 1. The molecule has 4 nitrogen and oxygen atoms in total.